The molecule has 1 fully saturated rings. The molecule has 0 aromatic heterocycles. The molecular formula is C11H23NO. The predicted octanol–water partition coefficient (Wildman–Crippen LogP) is 2.18. The van der Waals surface area contributed by atoms with Crippen LogP contribution in [0.2, 0.25) is 0 Å². The van der Waals surface area contributed by atoms with Gasteiger partial charge in [0.25, 0.3) is 0 Å². The van der Waals surface area contributed by atoms with E-state index in [1.165, 1.54) is 19.3 Å². The Kier molecular flexibility index (Phi) is 4.74. The van der Waals surface area contributed by atoms with Crippen molar-refractivity contribution in [3.63, 3.8) is 0 Å². The van der Waals surface area contributed by atoms with Crippen LogP contribution in [0.15, 0.2) is 0 Å². The summed E-state index contributed by atoms with van der Waals surface area (Å²) >= 11 is 0. The number of rotatable bonds is 4. The lowest BCUT2D eigenvalue weighted by Crippen LogP contribution is -2.39. The largest absolute Gasteiger partial charge is 0.381 e. The average molecular weight is 185 g/mol. The summed E-state index contributed by atoms with van der Waals surface area (Å²) in [6.07, 6.45) is 4.89. The number of nitrogens with two attached hydrogens (primary N) is 1. The molecule has 2 nitrogen and oxygen atoms in total. The molecule has 0 bridgehead atoms. The van der Waals surface area contributed by atoms with E-state index in [2.05, 4.69) is 13.8 Å². The van der Waals surface area contributed by atoms with Gasteiger partial charge in [0, 0.05) is 12.6 Å². The molecule has 2 heteroatoms. The molecule has 3 atom stereocenters. The van der Waals surface area contributed by atoms with E-state index >= 15 is 0 Å². The lowest BCUT2D eigenvalue weighted by atomic mass is 9.86. The van der Waals surface area contributed by atoms with E-state index in [-0.39, 0.29) is 0 Å². The highest BCUT2D eigenvalue weighted by Gasteiger charge is 2.23. The van der Waals surface area contributed by atoms with Crippen molar-refractivity contribution in [1.29, 1.82) is 0 Å². The normalized spacial score (nSPS) is 31.6. The lowest BCUT2D eigenvalue weighted by molar-refractivity contribution is 0.0327. The predicted molar refractivity (Wildman–Crippen MR) is 55.6 cm³/mol. The summed E-state index contributed by atoms with van der Waals surface area (Å²) in [6.45, 7) is 6.31. The standard InChI is InChI=1S/C11H23NO/c1-3-4-9(2)7-10-8-13-6-5-11(10)12/h9-11H,3-8,12H2,1-2H3. The molecule has 0 spiro atoms. The zero-order valence-corrected chi connectivity index (χ0v) is 8.96. The Hall–Kier alpha value is -0.0800. The molecule has 1 saturated heterocycles. The summed E-state index contributed by atoms with van der Waals surface area (Å²) in [5.41, 5.74) is 6.04. The van der Waals surface area contributed by atoms with E-state index in [1.807, 2.05) is 0 Å². The monoisotopic (exact) mass is 185 g/mol. The van der Waals surface area contributed by atoms with Crippen molar-refractivity contribution in [3.8, 4) is 0 Å². The highest BCUT2D eigenvalue weighted by atomic mass is 16.5. The fraction of sp³-hybridized carbons (Fsp3) is 1.00. The zero-order valence-electron chi connectivity index (χ0n) is 8.96. The SMILES string of the molecule is CCCC(C)CC1COCCC1N. The molecule has 1 rings (SSSR count). The minimum Gasteiger partial charge on any atom is -0.381 e. The molecule has 0 amide bonds. The van der Waals surface area contributed by atoms with E-state index in [0.29, 0.717) is 12.0 Å². The van der Waals surface area contributed by atoms with E-state index < -0.39 is 0 Å². The van der Waals surface area contributed by atoms with Crippen LogP contribution in [0.3, 0.4) is 0 Å². The highest BCUT2D eigenvalue weighted by molar-refractivity contribution is 4.77. The summed E-state index contributed by atoms with van der Waals surface area (Å²) in [5.74, 6) is 1.41. The van der Waals surface area contributed by atoms with Gasteiger partial charge in [0.15, 0.2) is 0 Å². The summed E-state index contributed by atoms with van der Waals surface area (Å²) in [4.78, 5) is 0. The third-order valence-corrected chi connectivity index (χ3v) is 3.02. The van der Waals surface area contributed by atoms with Crippen LogP contribution in [0.1, 0.15) is 39.5 Å². The van der Waals surface area contributed by atoms with Gasteiger partial charge >= 0.3 is 0 Å². The summed E-state index contributed by atoms with van der Waals surface area (Å²) < 4.78 is 5.45. The second kappa shape index (κ2) is 5.61. The van der Waals surface area contributed by atoms with Gasteiger partial charge in [0.1, 0.15) is 0 Å². The van der Waals surface area contributed by atoms with E-state index in [4.69, 9.17) is 10.5 Å². The van der Waals surface area contributed by atoms with Crippen LogP contribution >= 0.6 is 0 Å². The van der Waals surface area contributed by atoms with Crippen molar-refractivity contribution < 1.29 is 4.74 Å². The van der Waals surface area contributed by atoms with Gasteiger partial charge in [-0.1, -0.05) is 26.7 Å². The van der Waals surface area contributed by atoms with Gasteiger partial charge in [0.2, 0.25) is 0 Å². The maximum atomic E-state index is 6.04. The second-order valence-corrected chi connectivity index (χ2v) is 4.42. The smallest absolute Gasteiger partial charge is 0.0509 e. The topological polar surface area (TPSA) is 35.2 Å². The molecule has 3 unspecified atom stereocenters. The molecular weight excluding hydrogens is 162 g/mol. The Morgan fingerprint density at radius 3 is 2.92 bits per heavy atom. The van der Waals surface area contributed by atoms with Crippen LogP contribution < -0.4 is 5.73 Å². The number of hydrogen-bond acceptors (Lipinski definition) is 2. The van der Waals surface area contributed by atoms with E-state index in [9.17, 15) is 0 Å². The molecule has 1 aliphatic heterocycles. The molecule has 0 aromatic rings. The molecule has 0 saturated carbocycles. The Morgan fingerprint density at radius 1 is 1.54 bits per heavy atom. The van der Waals surface area contributed by atoms with Gasteiger partial charge < -0.3 is 10.5 Å². The van der Waals surface area contributed by atoms with Crippen LogP contribution in [-0.2, 0) is 4.74 Å². The Morgan fingerprint density at radius 2 is 2.31 bits per heavy atom. The van der Waals surface area contributed by atoms with Crippen LogP contribution in [-0.4, -0.2) is 19.3 Å². The minimum atomic E-state index is 0.382. The van der Waals surface area contributed by atoms with E-state index in [0.717, 1.165) is 25.6 Å². The van der Waals surface area contributed by atoms with Crippen LogP contribution in [0.5, 0.6) is 0 Å². The zero-order chi connectivity index (χ0) is 9.68. The third kappa shape index (κ3) is 3.65. The first-order chi connectivity index (χ1) is 6.24. The fourth-order valence-corrected chi connectivity index (χ4v) is 2.18. The van der Waals surface area contributed by atoms with Crippen LogP contribution in [0, 0.1) is 11.8 Å². The Labute approximate surface area is 81.8 Å². The van der Waals surface area contributed by atoms with Gasteiger partial charge in [-0.15, -0.1) is 0 Å². The molecule has 0 aromatic carbocycles. The first kappa shape index (κ1) is 11.0. The molecule has 2 N–H and O–H groups in total. The van der Waals surface area contributed by atoms with Gasteiger partial charge in [-0.25, -0.2) is 0 Å². The van der Waals surface area contributed by atoms with E-state index in [1.54, 1.807) is 0 Å². The van der Waals surface area contributed by atoms with Gasteiger partial charge in [-0.2, -0.15) is 0 Å². The summed E-state index contributed by atoms with van der Waals surface area (Å²) in [5, 5.41) is 0. The molecule has 0 radical (unpaired) electrons. The third-order valence-electron chi connectivity index (χ3n) is 3.02. The Bertz CT molecular complexity index is 138. The number of ether oxygens (including phenoxy) is 1. The first-order valence-electron chi connectivity index (χ1n) is 5.57. The molecule has 13 heavy (non-hydrogen) atoms. The summed E-state index contributed by atoms with van der Waals surface area (Å²) in [6, 6.07) is 0.382. The van der Waals surface area contributed by atoms with Gasteiger partial charge in [0.05, 0.1) is 6.61 Å². The minimum absolute atomic E-state index is 0.382. The van der Waals surface area contributed by atoms with Crippen molar-refractivity contribution in [1.82, 2.24) is 0 Å². The average Bonchev–Trinajstić information content (AvgIpc) is 2.09. The van der Waals surface area contributed by atoms with Crippen molar-refractivity contribution in [2.24, 2.45) is 17.6 Å². The Balaban J connectivity index is 2.25. The maximum Gasteiger partial charge on any atom is 0.0509 e. The van der Waals surface area contributed by atoms with Crippen LogP contribution in [0.4, 0.5) is 0 Å². The lowest BCUT2D eigenvalue weighted by Gasteiger charge is -2.30. The molecule has 1 aliphatic rings. The van der Waals surface area contributed by atoms with Crippen molar-refractivity contribution >= 4 is 0 Å². The first-order valence-corrected chi connectivity index (χ1v) is 5.57. The van der Waals surface area contributed by atoms with Crippen molar-refractivity contribution in [2.45, 2.75) is 45.6 Å². The molecule has 78 valence electrons. The molecule has 1 heterocycles. The molecule has 0 aliphatic carbocycles. The second-order valence-electron chi connectivity index (χ2n) is 4.42. The van der Waals surface area contributed by atoms with Crippen molar-refractivity contribution in [2.75, 3.05) is 13.2 Å². The van der Waals surface area contributed by atoms with Crippen LogP contribution in [0.25, 0.3) is 0 Å². The van der Waals surface area contributed by atoms with Gasteiger partial charge in [-0.3, -0.25) is 0 Å². The van der Waals surface area contributed by atoms with Crippen molar-refractivity contribution in [3.05, 3.63) is 0 Å². The van der Waals surface area contributed by atoms with Gasteiger partial charge in [-0.05, 0) is 24.7 Å². The maximum absolute atomic E-state index is 6.04. The summed E-state index contributed by atoms with van der Waals surface area (Å²) in [7, 11) is 0. The highest BCUT2D eigenvalue weighted by Crippen LogP contribution is 2.23. The number of hydrogen-bond donors (Lipinski definition) is 1. The quantitative estimate of drug-likeness (QED) is 0.728. The fourth-order valence-electron chi connectivity index (χ4n) is 2.18.